The van der Waals surface area contributed by atoms with Gasteiger partial charge in [-0.3, -0.25) is 9.88 Å². The predicted octanol–water partition coefficient (Wildman–Crippen LogP) is 3.12. The molecule has 0 aliphatic heterocycles. The van der Waals surface area contributed by atoms with Gasteiger partial charge in [0.1, 0.15) is 0 Å². The van der Waals surface area contributed by atoms with Crippen molar-refractivity contribution in [3.05, 3.63) is 59.9 Å². The number of pyridine rings is 1. The third kappa shape index (κ3) is 4.35. The number of para-hydroxylation sites is 1. The minimum atomic E-state index is 0.881. The maximum Gasteiger partial charge on any atom is 0.0416 e. The van der Waals surface area contributed by atoms with Gasteiger partial charge in [0.25, 0.3) is 0 Å². The smallest absolute Gasteiger partial charge is 0.0416 e. The highest BCUT2D eigenvalue weighted by Gasteiger charge is 2.07. The predicted molar refractivity (Wildman–Crippen MR) is 84.4 cm³/mol. The number of anilines is 1. The van der Waals surface area contributed by atoms with Crippen LogP contribution in [0.1, 0.15) is 24.6 Å². The molecule has 0 saturated heterocycles. The molecular weight excluding hydrogens is 246 g/mol. The fourth-order valence-electron chi connectivity index (χ4n) is 2.32. The summed E-state index contributed by atoms with van der Waals surface area (Å²) in [4.78, 5) is 6.83. The van der Waals surface area contributed by atoms with E-state index < -0.39 is 0 Å². The quantitative estimate of drug-likeness (QED) is 0.785. The summed E-state index contributed by atoms with van der Waals surface area (Å²) in [6, 6.07) is 14.2. The fraction of sp³-hybridized carbons (Fsp3) is 0.353. The Morgan fingerprint density at radius 3 is 2.55 bits per heavy atom. The summed E-state index contributed by atoms with van der Waals surface area (Å²) in [6.45, 7) is 5.22. The van der Waals surface area contributed by atoms with Crippen molar-refractivity contribution < 1.29 is 0 Å². The van der Waals surface area contributed by atoms with Crippen LogP contribution in [-0.2, 0) is 13.0 Å². The highest BCUT2D eigenvalue weighted by atomic mass is 15.1. The average molecular weight is 269 g/mol. The first-order valence-corrected chi connectivity index (χ1v) is 7.25. The van der Waals surface area contributed by atoms with Gasteiger partial charge in [0.15, 0.2) is 0 Å². The van der Waals surface area contributed by atoms with Crippen LogP contribution < -0.4 is 5.73 Å². The second-order valence-corrected chi connectivity index (χ2v) is 5.05. The molecule has 0 fully saturated rings. The molecule has 0 saturated carbocycles. The van der Waals surface area contributed by atoms with E-state index in [1.54, 1.807) is 0 Å². The van der Waals surface area contributed by atoms with Gasteiger partial charge in [0.2, 0.25) is 0 Å². The van der Waals surface area contributed by atoms with E-state index in [-0.39, 0.29) is 0 Å². The van der Waals surface area contributed by atoms with E-state index in [9.17, 15) is 0 Å². The number of hydrogen-bond acceptors (Lipinski definition) is 3. The number of hydrogen-bond donors (Lipinski definition) is 1. The molecule has 0 spiro atoms. The van der Waals surface area contributed by atoms with Crippen LogP contribution in [0.25, 0.3) is 0 Å². The van der Waals surface area contributed by atoms with Gasteiger partial charge in [-0.15, -0.1) is 0 Å². The Morgan fingerprint density at radius 2 is 1.85 bits per heavy atom. The SMILES string of the molecule is CCCN(CCc1ccccn1)Cc1ccccc1N. The van der Waals surface area contributed by atoms with E-state index in [1.165, 1.54) is 5.56 Å². The number of rotatable bonds is 7. The molecule has 2 rings (SSSR count). The Kier molecular flexibility index (Phi) is 5.56. The zero-order valence-corrected chi connectivity index (χ0v) is 12.1. The van der Waals surface area contributed by atoms with Gasteiger partial charge in [-0.1, -0.05) is 31.2 Å². The number of nitrogens with zero attached hydrogens (tertiary/aromatic N) is 2. The standard InChI is InChI=1S/C17H23N3/c1-2-12-20(13-10-16-8-5-6-11-19-16)14-15-7-3-4-9-17(15)18/h3-9,11H,2,10,12-14,18H2,1H3. The van der Waals surface area contributed by atoms with Crippen LogP contribution in [0.5, 0.6) is 0 Å². The summed E-state index contributed by atoms with van der Waals surface area (Å²) >= 11 is 0. The van der Waals surface area contributed by atoms with E-state index in [4.69, 9.17) is 5.73 Å². The Morgan fingerprint density at radius 1 is 1.05 bits per heavy atom. The maximum absolute atomic E-state index is 6.03. The lowest BCUT2D eigenvalue weighted by Crippen LogP contribution is -2.27. The molecule has 106 valence electrons. The lowest BCUT2D eigenvalue weighted by Gasteiger charge is -2.22. The van der Waals surface area contributed by atoms with Gasteiger partial charge in [-0.25, -0.2) is 0 Å². The molecule has 0 atom stereocenters. The molecular formula is C17H23N3. The second kappa shape index (κ2) is 7.65. The summed E-state index contributed by atoms with van der Waals surface area (Å²) in [5.74, 6) is 0. The van der Waals surface area contributed by atoms with Crippen LogP contribution in [0.3, 0.4) is 0 Å². The first-order chi connectivity index (χ1) is 9.79. The molecule has 1 heterocycles. The topological polar surface area (TPSA) is 42.2 Å². The third-order valence-electron chi connectivity index (χ3n) is 3.40. The number of nitrogen functional groups attached to an aromatic ring is 1. The van der Waals surface area contributed by atoms with Crippen LogP contribution >= 0.6 is 0 Å². The monoisotopic (exact) mass is 269 g/mol. The Labute approximate surface area is 121 Å². The molecule has 0 aliphatic carbocycles. The van der Waals surface area contributed by atoms with Crippen LogP contribution in [0.4, 0.5) is 5.69 Å². The lowest BCUT2D eigenvalue weighted by molar-refractivity contribution is 0.269. The number of benzene rings is 1. The van der Waals surface area contributed by atoms with Gasteiger partial charge >= 0.3 is 0 Å². The van der Waals surface area contributed by atoms with Crippen molar-refractivity contribution >= 4 is 5.69 Å². The van der Waals surface area contributed by atoms with Crippen molar-refractivity contribution in [3.63, 3.8) is 0 Å². The van der Waals surface area contributed by atoms with Crippen LogP contribution in [0.2, 0.25) is 0 Å². The van der Waals surface area contributed by atoms with Gasteiger partial charge in [-0.05, 0) is 36.7 Å². The van der Waals surface area contributed by atoms with Gasteiger partial charge in [0, 0.05) is 37.1 Å². The van der Waals surface area contributed by atoms with Crippen LogP contribution in [-0.4, -0.2) is 23.0 Å². The summed E-state index contributed by atoms with van der Waals surface area (Å²) in [7, 11) is 0. The van der Waals surface area contributed by atoms with Crippen molar-refractivity contribution in [2.24, 2.45) is 0 Å². The first kappa shape index (κ1) is 14.5. The molecule has 2 N–H and O–H groups in total. The highest BCUT2D eigenvalue weighted by Crippen LogP contribution is 2.14. The van der Waals surface area contributed by atoms with Crippen molar-refractivity contribution in [2.75, 3.05) is 18.8 Å². The van der Waals surface area contributed by atoms with Crippen LogP contribution in [0, 0.1) is 0 Å². The van der Waals surface area contributed by atoms with Crippen LogP contribution in [0.15, 0.2) is 48.7 Å². The van der Waals surface area contributed by atoms with E-state index in [0.29, 0.717) is 0 Å². The first-order valence-electron chi connectivity index (χ1n) is 7.25. The lowest BCUT2D eigenvalue weighted by atomic mass is 10.1. The Balaban J connectivity index is 1.95. The van der Waals surface area contributed by atoms with E-state index in [0.717, 1.165) is 43.9 Å². The zero-order valence-electron chi connectivity index (χ0n) is 12.1. The zero-order chi connectivity index (χ0) is 14.2. The van der Waals surface area contributed by atoms with E-state index in [1.807, 2.05) is 30.5 Å². The molecule has 0 amide bonds. The summed E-state index contributed by atoms with van der Waals surface area (Å²) in [5.41, 5.74) is 9.27. The van der Waals surface area contributed by atoms with Crippen molar-refractivity contribution in [2.45, 2.75) is 26.3 Å². The molecule has 0 bridgehead atoms. The molecule has 1 aromatic heterocycles. The molecule has 0 unspecified atom stereocenters. The summed E-state index contributed by atoms with van der Waals surface area (Å²) in [6.07, 6.45) is 3.98. The minimum Gasteiger partial charge on any atom is -0.398 e. The molecule has 2 aromatic rings. The number of nitrogens with two attached hydrogens (primary N) is 1. The van der Waals surface area contributed by atoms with E-state index >= 15 is 0 Å². The normalized spacial score (nSPS) is 10.9. The molecule has 0 aliphatic rings. The molecule has 3 heteroatoms. The third-order valence-corrected chi connectivity index (χ3v) is 3.40. The average Bonchev–Trinajstić information content (AvgIpc) is 2.48. The van der Waals surface area contributed by atoms with Crippen molar-refractivity contribution in [1.82, 2.24) is 9.88 Å². The van der Waals surface area contributed by atoms with Crippen molar-refractivity contribution in [1.29, 1.82) is 0 Å². The maximum atomic E-state index is 6.03. The Bertz CT molecular complexity index is 511. The highest BCUT2D eigenvalue weighted by molar-refractivity contribution is 5.46. The molecule has 3 nitrogen and oxygen atoms in total. The van der Waals surface area contributed by atoms with Gasteiger partial charge < -0.3 is 5.73 Å². The summed E-state index contributed by atoms with van der Waals surface area (Å²) < 4.78 is 0. The summed E-state index contributed by atoms with van der Waals surface area (Å²) in [5, 5.41) is 0. The van der Waals surface area contributed by atoms with E-state index in [2.05, 4.69) is 35.0 Å². The van der Waals surface area contributed by atoms with Crippen molar-refractivity contribution in [3.8, 4) is 0 Å². The second-order valence-electron chi connectivity index (χ2n) is 5.05. The molecule has 20 heavy (non-hydrogen) atoms. The minimum absolute atomic E-state index is 0.881. The number of aromatic nitrogens is 1. The van der Waals surface area contributed by atoms with Gasteiger partial charge in [0.05, 0.1) is 0 Å². The molecule has 0 radical (unpaired) electrons. The fourth-order valence-corrected chi connectivity index (χ4v) is 2.32. The largest absolute Gasteiger partial charge is 0.398 e. The van der Waals surface area contributed by atoms with Gasteiger partial charge in [-0.2, -0.15) is 0 Å². The Hall–Kier alpha value is -1.87. The molecule has 1 aromatic carbocycles.